The second-order valence-electron chi connectivity index (χ2n) is 13.4. The van der Waals surface area contributed by atoms with Gasteiger partial charge in [0, 0.05) is 16.5 Å². The quantitative estimate of drug-likeness (QED) is 0.175. The van der Waals surface area contributed by atoms with Crippen molar-refractivity contribution in [1.82, 2.24) is 9.97 Å². The predicted molar refractivity (Wildman–Crippen MR) is 209 cm³/mol. The highest BCUT2D eigenvalue weighted by Gasteiger charge is 2.39. The SMILES string of the molecule is C[Si]1(C)c2ccccc2-c2c1ccc1nc(-c3ccccc3)nc(-c3cccc(-c4cccc(-c5ccc(-c6ccccc6)cc5)c4)c3)c21. The lowest BCUT2D eigenvalue weighted by Crippen LogP contribution is -2.49. The minimum atomic E-state index is -1.88. The average Bonchev–Trinajstić information content (AvgIpc) is 3.41. The van der Waals surface area contributed by atoms with E-state index >= 15 is 0 Å². The van der Waals surface area contributed by atoms with Crippen LogP contribution in [0.25, 0.3) is 78.1 Å². The Bertz CT molecular complexity index is 2500. The van der Waals surface area contributed by atoms with Crippen LogP contribution in [0.1, 0.15) is 0 Å². The Hall–Kier alpha value is -5.90. The Kier molecular flexibility index (Phi) is 6.96. The van der Waals surface area contributed by atoms with Crippen LogP contribution in [0.5, 0.6) is 0 Å². The maximum absolute atomic E-state index is 5.38. The van der Waals surface area contributed by atoms with Crippen LogP contribution in [-0.2, 0) is 0 Å². The lowest BCUT2D eigenvalue weighted by atomic mass is 9.94. The van der Waals surface area contributed by atoms with Crippen LogP contribution in [0, 0.1) is 0 Å². The summed E-state index contributed by atoms with van der Waals surface area (Å²) in [7, 11) is -1.88. The molecule has 0 radical (unpaired) electrons. The van der Waals surface area contributed by atoms with Crippen LogP contribution in [0.2, 0.25) is 13.1 Å². The Morgan fingerprint density at radius 1 is 0.388 bits per heavy atom. The fourth-order valence-corrected chi connectivity index (χ4v) is 10.6. The van der Waals surface area contributed by atoms with Crippen molar-refractivity contribution in [3.05, 3.63) is 170 Å². The van der Waals surface area contributed by atoms with Gasteiger partial charge in [-0.2, -0.15) is 0 Å². The van der Waals surface area contributed by atoms with E-state index in [1.54, 1.807) is 0 Å². The van der Waals surface area contributed by atoms with Crippen LogP contribution in [0.3, 0.4) is 0 Å². The number of rotatable bonds is 5. The highest BCUT2D eigenvalue weighted by atomic mass is 28.3. The van der Waals surface area contributed by atoms with Gasteiger partial charge in [0.1, 0.15) is 8.07 Å². The number of hydrogen-bond donors (Lipinski definition) is 0. The molecule has 49 heavy (non-hydrogen) atoms. The molecule has 0 unspecified atom stereocenters. The first-order valence-corrected chi connectivity index (χ1v) is 19.9. The van der Waals surface area contributed by atoms with Crippen molar-refractivity contribution in [1.29, 1.82) is 0 Å². The van der Waals surface area contributed by atoms with Crippen molar-refractivity contribution in [2.45, 2.75) is 13.1 Å². The lowest BCUT2D eigenvalue weighted by Gasteiger charge is -2.19. The van der Waals surface area contributed by atoms with Crippen molar-refractivity contribution in [2.75, 3.05) is 0 Å². The zero-order chi connectivity index (χ0) is 33.0. The molecule has 8 aromatic rings. The monoisotopic (exact) mass is 642 g/mol. The molecule has 1 aliphatic rings. The van der Waals surface area contributed by atoms with E-state index in [2.05, 4.69) is 177 Å². The van der Waals surface area contributed by atoms with Gasteiger partial charge in [0.15, 0.2) is 5.82 Å². The van der Waals surface area contributed by atoms with Gasteiger partial charge in [-0.1, -0.05) is 165 Å². The number of aromatic nitrogens is 2. The summed E-state index contributed by atoms with van der Waals surface area (Å²) in [5.74, 6) is 0.747. The van der Waals surface area contributed by atoms with E-state index in [1.807, 2.05) is 6.07 Å². The zero-order valence-electron chi connectivity index (χ0n) is 27.6. The summed E-state index contributed by atoms with van der Waals surface area (Å²) in [6, 6.07) is 61.0. The smallest absolute Gasteiger partial charge is 0.160 e. The van der Waals surface area contributed by atoms with Crippen LogP contribution in [0.4, 0.5) is 0 Å². The maximum atomic E-state index is 5.38. The van der Waals surface area contributed by atoms with E-state index in [0.717, 1.165) is 39.1 Å². The third-order valence-electron chi connectivity index (χ3n) is 10.1. The van der Waals surface area contributed by atoms with Gasteiger partial charge >= 0.3 is 0 Å². The molecule has 1 aromatic heterocycles. The number of nitrogens with zero attached hydrogens (tertiary/aromatic N) is 2. The van der Waals surface area contributed by atoms with E-state index in [-0.39, 0.29) is 0 Å². The molecule has 0 amide bonds. The fraction of sp³-hybridized carbons (Fsp3) is 0.0435. The van der Waals surface area contributed by atoms with Crippen molar-refractivity contribution >= 4 is 29.4 Å². The van der Waals surface area contributed by atoms with Crippen molar-refractivity contribution in [2.24, 2.45) is 0 Å². The molecule has 0 aliphatic carbocycles. The number of benzene rings is 7. The Morgan fingerprint density at radius 2 is 0.898 bits per heavy atom. The fourth-order valence-electron chi connectivity index (χ4n) is 7.55. The summed E-state index contributed by atoms with van der Waals surface area (Å²) in [4.78, 5) is 10.6. The topological polar surface area (TPSA) is 25.8 Å². The summed E-state index contributed by atoms with van der Waals surface area (Å²) in [6.07, 6.45) is 0. The molecule has 7 aromatic carbocycles. The number of fused-ring (bicyclic) bond motifs is 5. The lowest BCUT2D eigenvalue weighted by molar-refractivity contribution is 1.23. The standard InChI is InChI=1S/C46H34N2Si/c1-49(2)41-22-10-9-21-39(41)43-42(49)28-27-40-44(43)45(48-46(47-40)34-15-7-4-8-16-34)38-20-12-19-37(30-38)36-18-11-17-35(29-36)33-25-23-32(24-26-33)31-13-5-3-6-14-31/h3-30H,1-2H3. The van der Waals surface area contributed by atoms with Gasteiger partial charge in [0.2, 0.25) is 0 Å². The Balaban J connectivity index is 1.19. The van der Waals surface area contributed by atoms with Gasteiger partial charge in [-0.3, -0.25) is 0 Å². The highest BCUT2D eigenvalue weighted by molar-refractivity contribution is 7.04. The summed E-state index contributed by atoms with van der Waals surface area (Å²) < 4.78 is 0. The molecule has 3 heteroatoms. The summed E-state index contributed by atoms with van der Waals surface area (Å²) in [5.41, 5.74) is 13.9. The van der Waals surface area contributed by atoms with Gasteiger partial charge < -0.3 is 0 Å². The van der Waals surface area contributed by atoms with E-state index in [0.29, 0.717) is 0 Å². The normalized spacial score (nSPS) is 12.9. The van der Waals surface area contributed by atoms with Crippen molar-refractivity contribution in [3.63, 3.8) is 0 Å². The zero-order valence-corrected chi connectivity index (χ0v) is 28.6. The minimum absolute atomic E-state index is 0.747. The molecule has 0 spiro atoms. The first kappa shape index (κ1) is 29.3. The minimum Gasteiger partial charge on any atom is -0.228 e. The predicted octanol–water partition coefficient (Wildman–Crippen LogP) is 10.8. The molecule has 0 saturated heterocycles. The van der Waals surface area contributed by atoms with Gasteiger partial charge in [-0.15, -0.1) is 0 Å². The molecule has 0 fully saturated rings. The molecule has 0 N–H and O–H groups in total. The molecule has 2 nitrogen and oxygen atoms in total. The Labute approximate surface area is 288 Å². The van der Waals surface area contributed by atoms with Gasteiger partial charge in [0.25, 0.3) is 0 Å². The largest absolute Gasteiger partial charge is 0.228 e. The van der Waals surface area contributed by atoms with Crippen LogP contribution in [-0.4, -0.2) is 18.0 Å². The molecule has 0 atom stereocenters. The first-order valence-electron chi connectivity index (χ1n) is 16.9. The summed E-state index contributed by atoms with van der Waals surface area (Å²) >= 11 is 0. The van der Waals surface area contributed by atoms with Crippen molar-refractivity contribution in [3.8, 4) is 67.2 Å². The second-order valence-corrected chi connectivity index (χ2v) is 17.7. The average molecular weight is 643 g/mol. The summed E-state index contributed by atoms with van der Waals surface area (Å²) in [5, 5.41) is 4.09. The third-order valence-corrected chi connectivity index (χ3v) is 13.6. The first-order chi connectivity index (χ1) is 24.0. The number of hydrogen-bond acceptors (Lipinski definition) is 2. The molecular formula is C46H34N2Si. The van der Waals surface area contributed by atoms with E-state index in [9.17, 15) is 0 Å². The molecule has 0 saturated carbocycles. The van der Waals surface area contributed by atoms with Gasteiger partial charge in [-0.25, -0.2) is 9.97 Å². The van der Waals surface area contributed by atoms with Gasteiger partial charge in [-0.05, 0) is 73.1 Å². The van der Waals surface area contributed by atoms with Crippen LogP contribution < -0.4 is 10.4 Å². The van der Waals surface area contributed by atoms with Crippen molar-refractivity contribution < 1.29 is 0 Å². The molecular weight excluding hydrogens is 609 g/mol. The molecule has 2 heterocycles. The van der Waals surface area contributed by atoms with E-state index < -0.39 is 8.07 Å². The molecule has 0 bridgehead atoms. The maximum Gasteiger partial charge on any atom is 0.160 e. The van der Waals surface area contributed by atoms with Crippen LogP contribution in [0.15, 0.2) is 170 Å². The molecule has 9 rings (SSSR count). The van der Waals surface area contributed by atoms with E-state index in [4.69, 9.17) is 9.97 Å². The van der Waals surface area contributed by atoms with E-state index in [1.165, 1.54) is 49.3 Å². The Morgan fingerprint density at radius 3 is 1.59 bits per heavy atom. The van der Waals surface area contributed by atoms with Gasteiger partial charge in [0.05, 0.1) is 11.2 Å². The summed E-state index contributed by atoms with van der Waals surface area (Å²) in [6.45, 7) is 4.93. The molecule has 1 aliphatic heterocycles. The molecule has 232 valence electrons. The van der Waals surface area contributed by atoms with Crippen LogP contribution >= 0.6 is 0 Å². The highest BCUT2D eigenvalue weighted by Crippen LogP contribution is 2.40. The third kappa shape index (κ3) is 5.02. The second kappa shape index (κ2) is 11.7.